The van der Waals surface area contributed by atoms with Gasteiger partial charge in [-0.1, -0.05) is 29.3 Å². The molecule has 2 fully saturated rings. The van der Waals surface area contributed by atoms with Gasteiger partial charge in [-0.25, -0.2) is 18.2 Å². The molecule has 0 radical (unpaired) electrons. The average Bonchev–Trinajstić information content (AvgIpc) is 3.92. The number of esters is 1. The zero-order chi connectivity index (χ0) is 36.9. The quantitative estimate of drug-likeness (QED) is 0.145. The predicted molar refractivity (Wildman–Crippen MR) is 187 cm³/mol. The van der Waals surface area contributed by atoms with E-state index >= 15 is 0 Å². The minimum atomic E-state index is -4.05. The monoisotopic (exact) mass is 770 g/mol. The van der Waals surface area contributed by atoms with E-state index in [9.17, 15) is 26.8 Å². The molecule has 1 aliphatic carbocycles. The van der Waals surface area contributed by atoms with E-state index in [1.807, 2.05) is 7.05 Å². The summed E-state index contributed by atoms with van der Waals surface area (Å²) in [4.78, 5) is 34.8. The number of piperazine rings is 1. The van der Waals surface area contributed by atoms with Gasteiger partial charge in [0.05, 0.1) is 36.2 Å². The number of hydrogen-bond acceptors (Lipinski definition) is 10. The van der Waals surface area contributed by atoms with E-state index in [2.05, 4.69) is 14.6 Å². The molecule has 2 heterocycles. The molecule has 2 aliphatic rings. The molecule has 1 aliphatic heterocycles. The molecular weight excluding hydrogens is 733 g/mol. The highest BCUT2D eigenvalue weighted by Gasteiger charge is 2.30. The van der Waals surface area contributed by atoms with Crippen molar-refractivity contribution in [3.05, 3.63) is 75.5 Å². The molecule has 276 valence electrons. The summed E-state index contributed by atoms with van der Waals surface area (Å²) < 4.78 is 75.5. The molecule has 2 aromatic carbocycles. The fraction of sp³-hybridized carbons (Fsp3) is 0.441. The van der Waals surface area contributed by atoms with Gasteiger partial charge in [0, 0.05) is 38.8 Å². The molecule has 17 heteroatoms. The summed E-state index contributed by atoms with van der Waals surface area (Å²) in [5, 5.41) is 0.156. The van der Waals surface area contributed by atoms with Crippen LogP contribution in [-0.2, 0) is 26.0 Å². The topological polar surface area (TPSA) is 128 Å². The lowest BCUT2D eigenvalue weighted by Gasteiger charge is -2.34. The third-order valence-corrected chi connectivity index (χ3v) is 10.5. The Balaban J connectivity index is 1.48. The van der Waals surface area contributed by atoms with Crippen LogP contribution >= 0.6 is 23.2 Å². The van der Waals surface area contributed by atoms with Crippen molar-refractivity contribution >= 4 is 50.8 Å². The average molecular weight is 772 g/mol. The van der Waals surface area contributed by atoms with Crippen molar-refractivity contribution in [1.29, 1.82) is 0 Å². The maximum absolute atomic E-state index is 13.9. The summed E-state index contributed by atoms with van der Waals surface area (Å²) in [7, 11) is -0.775. The number of carbonyl (C=O) groups excluding carboxylic acids is 2. The first kappa shape index (κ1) is 38.3. The first-order valence-corrected chi connectivity index (χ1v) is 18.7. The number of anilines is 1. The summed E-state index contributed by atoms with van der Waals surface area (Å²) >= 11 is 12.6. The van der Waals surface area contributed by atoms with E-state index in [1.54, 1.807) is 11.0 Å². The van der Waals surface area contributed by atoms with Crippen LogP contribution in [0.1, 0.15) is 40.4 Å². The molecule has 3 aromatic rings. The Labute approximate surface area is 305 Å². The lowest BCUT2D eigenvalue weighted by Crippen LogP contribution is -2.50. The third kappa shape index (κ3) is 10.1. The molecule has 5 rings (SSSR count). The van der Waals surface area contributed by atoms with Gasteiger partial charge in [0.15, 0.2) is 11.5 Å². The number of alkyl halides is 2. The summed E-state index contributed by atoms with van der Waals surface area (Å²) in [6.45, 7) is -1.16. The van der Waals surface area contributed by atoms with E-state index in [-0.39, 0.29) is 45.1 Å². The number of methoxy groups -OCH3 is 1. The number of nitrogens with zero attached hydrogens (tertiary/aromatic N) is 4. The Morgan fingerprint density at radius 1 is 1.02 bits per heavy atom. The Kier molecular flexibility index (Phi) is 12.5. The van der Waals surface area contributed by atoms with Crippen LogP contribution in [0.3, 0.4) is 0 Å². The lowest BCUT2D eigenvalue weighted by atomic mass is 10.0. The lowest BCUT2D eigenvalue weighted by molar-refractivity contribution is -0.131. The number of sulfonamides is 1. The summed E-state index contributed by atoms with van der Waals surface area (Å²) in [5.41, 5.74) is 0.743. The minimum absolute atomic E-state index is 0.0120. The number of rotatable bonds is 15. The maximum Gasteiger partial charge on any atom is 0.387 e. The molecule has 1 atom stereocenters. The Hall–Kier alpha value is -3.92. The molecule has 1 amide bonds. The molecule has 1 saturated carbocycles. The molecule has 0 spiro atoms. The molecule has 1 unspecified atom stereocenters. The number of likely N-dealkylation sites (N-methyl/N-ethyl adjacent to an activating group) is 1. The normalized spacial score (nSPS) is 15.7. The van der Waals surface area contributed by atoms with Crippen molar-refractivity contribution < 1.29 is 45.7 Å². The van der Waals surface area contributed by atoms with E-state index in [0.717, 1.165) is 23.4 Å². The molecule has 1 saturated heterocycles. The second-order valence-corrected chi connectivity index (χ2v) is 15.0. The van der Waals surface area contributed by atoms with Gasteiger partial charge in [-0.05, 0) is 73.3 Å². The Bertz CT molecular complexity index is 1840. The number of hydrogen-bond donors (Lipinski definition) is 0. The Morgan fingerprint density at radius 2 is 1.73 bits per heavy atom. The van der Waals surface area contributed by atoms with Crippen LogP contribution in [0.15, 0.2) is 48.7 Å². The van der Waals surface area contributed by atoms with E-state index in [0.29, 0.717) is 49.8 Å². The highest BCUT2D eigenvalue weighted by molar-refractivity contribution is 7.92. The van der Waals surface area contributed by atoms with Crippen molar-refractivity contribution in [2.75, 3.05) is 64.0 Å². The Morgan fingerprint density at radius 3 is 2.37 bits per heavy atom. The predicted octanol–water partition coefficient (Wildman–Crippen LogP) is 5.47. The SMILES string of the molecule is COc1ccc(C(=O)OC(Cc2ccnc(Cl)c2Cl)c2ccc(OC(F)F)c(OCC3CC3)c2)cc1N(CC(=O)N1CCN(C)CC1)S(C)(=O)=O. The van der Waals surface area contributed by atoms with Crippen molar-refractivity contribution in [1.82, 2.24) is 14.8 Å². The van der Waals surface area contributed by atoms with Gasteiger partial charge in [-0.3, -0.25) is 9.10 Å². The highest BCUT2D eigenvalue weighted by Crippen LogP contribution is 2.38. The maximum atomic E-state index is 13.9. The molecule has 0 N–H and O–H groups in total. The second-order valence-electron chi connectivity index (χ2n) is 12.4. The largest absolute Gasteiger partial charge is 0.495 e. The van der Waals surface area contributed by atoms with Crippen LogP contribution < -0.4 is 18.5 Å². The fourth-order valence-electron chi connectivity index (χ4n) is 5.43. The van der Waals surface area contributed by atoms with E-state index < -0.39 is 41.2 Å². The molecule has 0 bridgehead atoms. The van der Waals surface area contributed by atoms with E-state index in [4.69, 9.17) is 37.4 Å². The molecule has 51 heavy (non-hydrogen) atoms. The second kappa shape index (κ2) is 16.6. The van der Waals surface area contributed by atoms with Gasteiger partial charge < -0.3 is 28.7 Å². The smallest absolute Gasteiger partial charge is 0.387 e. The summed E-state index contributed by atoms with van der Waals surface area (Å²) in [5.74, 6) is -1.02. The molecular formula is C34H38Cl2F2N4O8S. The first-order chi connectivity index (χ1) is 24.2. The van der Waals surface area contributed by atoms with Crippen molar-refractivity contribution in [2.45, 2.75) is 32.0 Å². The zero-order valence-electron chi connectivity index (χ0n) is 28.2. The van der Waals surface area contributed by atoms with Crippen molar-refractivity contribution in [3.63, 3.8) is 0 Å². The van der Waals surface area contributed by atoms with Gasteiger partial charge >= 0.3 is 12.6 Å². The number of ether oxygens (including phenoxy) is 4. The van der Waals surface area contributed by atoms with Crippen LogP contribution in [-0.4, -0.2) is 101 Å². The standard InChI is InChI=1S/C34H38Cl2F2N4O8S/c1-40-12-14-41(15-13-40)30(43)19-42(51(3,45)46)25-16-24(7-8-26(25)47-2)33(44)49-28(18-23-10-11-39-32(36)31(23)35)22-6-9-27(50-34(37)38)29(17-22)48-20-21-4-5-21/h6-11,16-17,21,28,34H,4-5,12-15,18-20H2,1-3H3. The number of amides is 1. The van der Waals surface area contributed by atoms with Gasteiger partial charge in [-0.15, -0.1) is 0 Å². The van der Waals surface area contributed by atoms with Crippen LogP contribution in [0.4, 0.5) is 14.5 Å². The number of benzene rings is 2. The van der Waals surface area contributed by atoms with Crippen LogP contribution in [0.2, 0.25) is 10.2 Å². The molecule has 1 aromatic heterocycles. The van der Waals surface area contributed by atoms with Gasteiger partial charge in [0.2, 0.25) is 15.9 Å². The highest BCUT2D eigenvalue weighted by atomic mass is 35.5. The van der Waals surface area contributed by atoms with Crippen LogP contribution in [0.5, 0.6) is 17.2 Å². The first-order valence-electron chi connectivity index (χ1n) is 16.1. The number of pyridine rings is 1. The summed E-state index contributed by atoms with van der Waals surface area (Å²) in [6.07, 6.45) is 3.21. The number of aromatic nitrogens is 1. The van der Waals surface area contributed by atoms with Crippen LogP contribution in [0.25, 0.3) is 0 Å². The van der Waals surface area contributed by atoms with Crippen LogP contribution in [0, 0.1) is 5.92 Å². The van der Waals surface area contributed by atoms with E-state index in [1.165, 1.54) is 49.7 Å². The fourth-order valence-corrected chi connectivity index (χ4v) is 6.64. The number of carbonyl (C=O) groups is 2. The van der Waals surface area contributed by atoms with Crippen molar-refractivity contribution in [3.8, 4) is 17.2 Å². The molecule has 12 nitrogen and oxygen atoms in total. The van der Waals surface area contributed by atoms with Gasteiger partial charge in [0.1, 0.15) is 23.6 Å². The summed E-state index contributed by atoms with van der Waals surface area (Å²) in [6, 6.07) is 9.90. The van der Waals surface area contributed by atoms with Gasteiger partial charge in [-0.2, -0.15) is 8.78 Å². The zero-order valence-corrected chi connectivity index (χ0v) is 30.5. The van der Waals surface area contributed by atoms with Crippen molar-refractivity contribution in [2.24, 2.45) is 5.92 Å². The minimum Gasteiger partial charge on any atom is -0.495 e. The third-order valence-electron chi connectivity index (χ3n) is 8.53. The number of halogens is 4. The van der Waals surface area contributed by atoms with Gasteiger partial charge in [0.25, 0.3) is 0 Å².